The van der Waals surface area contributed by atoms with Gasteiger partial charge in [-0.1, -0.05) is 26.3 Å². The summed E-state index contributed by atoms with van der Waals surface area (Å²) < 4.78 is 35.5. The Bertz CT molecular complexity index is 1190. The van der Waals surface area contributed by atoms with E-state index in [0.29, 0.717) is 19.4 Å². The van der Waals surface area contributed by atoms with Gasteiger partial charge >= 0.3 is 5.97 Å². The molecule has 0 aromatic heterocycles. The lowest BCUT2D eigenvalue weighted by molar-refractivity contribution is -0.375. The third-order valence-electron chi connectivity index (χ3n) is 11.4. The fraction of sp³-hybridized carbons (Fsp3) is 0.844. The molecule has 0 bridgehead atoms. The molecule has 254 valence electrons. The van der Waals surface area contributed by atoms with Gasteiger partial charge in [-0.05, 0) is 61.3 Å². The number of ether oxygens (including phenoxy) is 6. The molecule has 45 heavy (non-hydrogen) atoms. The average molecular weight is 641 g/mol. The SMILES string of the molecule is C[C@@H]1O[C@@H](O[C@H]2[C@H](O[C@H]3CC[C@]4(C)C5=C(CC[C@H]4C3(C)C)CO[C@@H](C3=CC(=O)OC3)C5)O[C@H](CO)[C@@H](O)[C@@H]2O)[C@H](O)[C@H](O)[C@H]1O. The summed E-state index contributed by atoms with van der Waals surface area (Å²) in [4.78, 5) is 11.7. The number of hydrogen-bond acceptors (Lipinski definition) is 13. The number of hydrogen-bond donors (Lipinski definition) is 6. The molecular formula is C32H48O13. The summed E-state index contributed by atoms with van der Waals surface area (Å²) in [6, 6.07) is 0. The largest absolute Gasteiger partial charge is 0.458 e. The van der Waals surface area contributed by atoms with E-state index in [2.05, 4.69) is 20.8 Å². The number of aliphatic hydroxyl groups is 6. The minimum absolute atomic E-state index is 0.136. The highest BCUT2D eigenvalue weighted by atomic mass is 16.8. The molecule has 0 aromatic rings. The van der Waals surface area contributed by atoms with Crippen LogP contribution in [0.3, 0.4) is 0 Å². The number of cyclic esters (lactones) is 1. The van der Waals surface area contributed by atoms with E-state index in [1.807, 2.05) is 0 Å². The van der Waals surface area contributed by atoms with Gasteiger partial charge < -0.3 is 59.1 Å². The summed E-state index contributed by atoms with van der Waals surface area (Å²) in [5, 5.41) is 62.7. The predicted molar refractivity (Wildman–Crippen MR) is 154 cm³/mol. The molecule has 14 atom stereocenters. The molecule has 3 fully saturated rings. The van der Waals surface area contributed by atoms with Gasteiger partial charge in [-0.2, -0.15) is 0 Å². The number of rotatable bonds is 6. The molecule has 6 aliphatic rings. The number of esters is 1. The highest BCUT2D eigenvalue weighted by molar-refractivity contribution is 5.85. The van der Waals surface area contributed by atoms with Gasteiger partial charge in [-0.15, -0.1) is 0 Å². The molecule has 4 heterocycles. The summed E-state index contributed by atoms with van der Waals surface area (Å²) in [6.07, 6.45) is -8.74. The van der Waals surface area contributed by atoms with E-state index in [9.17, 15) is 35.4 Å². The van der Waals surface area contributed by atoms with Crippen LogP contribution in [0.5, 0.6) is 0 Å². The Morgan fingerprint density at radius 2 is 1.67 bits per heavy atom. The zero-order valence-corrected chi connectivity index (χ0v) is 26.3. The zero-order valence-electron chi connectivity index (χ0n) is 26.3. The van der Waals surface area contributed by atoms with Crippen LogP contribution < -0.4 is 0 Å². The zero-order chi connectivity index (χ0) is 32.4. The van der Waals surface area contributed by atoms with Crippen molar-refractivity contribution in [2.75, 3.05) is 19.8 Å². The van der Waals surface area contributed by atoms with E-state index in [1.165, 1.54) is 18.1 Å². The van der Waals surface area contributed by atoms with Gasteiger partial charge in [0.25, 0.3) is 0 Å². The van der Waals surface area contributed by atoms with E-state index in [4.69, 9.17) is 28.4 Å². The van der Waals surface area contributed by atoms with Crippen LogP contribution in [0.2, 0.25) is 0 Å². The molecule has 0 aromatic carbocycles. The smallest absolute Gasteiger partial charge is 0.331 e. The van der Waals surface area contributed by atoms with Crippen molar-refractivity contribution < 1.29 is 63.9 Å². The first kappa shape index (κ1) is 33.4. The van der Waals surface area contributed by atoms with E-state index in [-0.39, 0.29) is 41.5 Å². The lowest BCUT2D eigenvalue weighted by atomic mass is 9.48. The maximum absolute atomic E-state index is 11.7. The van der Waals surface area contributed by atoms with E-state index in [1.54, 1.807) is 6.08 Å². The van der Waals surface area contributed by atoms with E-state index in [0.717, 1.165) is 24.8 Å². The van der Waals surface area contributed by atoms with Gasteiger partial charge in [0.1, 0.15) is 49.3 Å². The molecule has 6 N–H and O–H groups in total. The second-order valence-electron chi connectivity index (χ2n) is 14.4. The van der Waals surface area contributed by atoms with Crippen molar-refractivity contribution in [1.82, 2.24) is 0 Å². The van der Waals surface area contributed by atoms with Crippen molar-refractivity contribution >= 4 is 5.97 Å². The predicted octanol–water partition coefficient (Wildman–Crippen LogP) is -0.172. The molecule has 6 rings (SSSR count). The molecule has 13 nitrogen and oxygen atoms in total. The molecule has 2 saturated heterocycles. The van der Waals surface area contributed by atoms with Crippen molar-refractivity contribution in [1.29, 1.82) is 0 Å². The van der Waals surface area contributed by atoms with Gasteiger partial charge in [0.15, 0.2) is 12.6 Å². The lowest BCUT2D eigenvalue weighted by Crippen LogP contribution is -2.65. The van der Waals surface area contributed by atoms with Crippen molar-refractivity contribution in [3.8, 4) is 0 Å². The van der Waals surface area contributed by atoms with Crippen LogP contribution in [0.4, 0.5) is 0 Å². The van der Waals surface area contributed by atoms with Crippen LogP contribution in [0.15, 0.2) is 22.8 Å². The highest BCUT2D eigenvalue weighted by Crippen LogP contribution is 2.62. The van der Waals surface area contributed by atoms with E-state index < -0.39 is 68.0 Å². The second-order valence-corrected chi connectivity index (χ2v) is 14.4. The third kappa shape index (κ3) is 5.82. The third-order valence-corrected chi connectivity index (χ3v) is 11.4. The maximum atomic E-state index is 11.7. The summed E-state index contributed by atoms with van der Waals surface area (Å²) in [6.45, 7) is 8.37. The first-order valence-electron chi connectivity index (χ1n) is 16.1. The van der Waals surface area contributed by atoms with Gasteiger partial charge in [-0.3, -0.25) is 0 Å². The van der Waals surface area contributed by atoms with Gasteiger partial charge in [-0.25, -0.2) is 4.79 Å². The fourth-order valence-corrected chi connectivity index (χ4v) is 8.74. The molecular weight excluding hydrogens is 592 g/mol. The number of carbonyl (C=O) groups excluding carboxylic acids is 1. The molecule has 0 unspecified atom stereocenters. The Kier molecular flexibility index (Phi) is 9.29. The number of carbonyl (C=O) groups is 1. The van der Waals surface area contributed by atoms with Crippen molar-refractivity contribution in [2.45, 2.75) is 133 Å². The Balaban J connectivity index is 1.21. The van der Waals surface area contributed by atoms with Gasteiger partial charge in [0.05, 0.1) is 31.5 Å². The Labute approximate surface area is 262 Å². The summed E-state index contributed by atoms with van der Waals surface area (Å²) in [5.41, 5.74) is 3.06. The van der Waals surface area contributed by atoms with Gasteiger partial charge in [0, 0.05) is 11.6 Å². The monoisotopic (exact) mass is 640 g/mol. The number of fused-ring (bicyclic) bond motifs is 2. The van der Waals surface area contributed by atoms with Crippen LogP contribution >= 0.6 is 0 Å². The summed E-state index contributed by atoms with van der Waals surface area (Å²) in [5.74, 6) is -0.120. The molecule has 0 spiro atoms. The molecule has 0 radical (unpaired) electrons. The topological polar surface area (TPSA) is 194 Å². The molecule has 13 heteroatoms. The van der Waals surface area contributed by atoms with Crippen LogP contribution in [0, 0.1) is 16.7 Å². The Morgan fingerprint density at radius 3 is 2.36 bits per heavy atom. The molecule has 1 saturated carbocycles. The Hall–Kier alpha value is -1.49. The van der Waals surface area contributed by atoms with Crippen molar-refractivity contribution in [2.24, 2.45) is 16.7 Å². The first-order valence-corrected chi connectivity index (χ1v) is 16.1. The number of aliphatic hydroxyl groups excluding tert-OH is 6. The second kappa shape index (κ2) is 12.5. The quantitative estimate of drug-likeness (QED) is 0.166. The van der Waals surface area contributed by atoms with Crippen LogP contribution in [-0.4, -0.2) is 130 Å². The molecule has 0 amide bonds. The Morgan fingerprint density at radius 1 is 0.911 bits per heavy atom. The van der Waals surface area contributed by atoms with Gasteiger partial charge in [0.2, 0.25) is 0 Å². The minimum Gasteiger partial charge on any atom is -0.458 e. The summed E-state index contributed by atoms with van der Waals surface area (Å²) in [7, 11) is 0. The highest BCUT2D eigenvalue weighted by Gasteiger charge is 2.58. The average Bonchev–Trinajstić information content (AvgIpc) is 3.45. The molecule has 4 aliphatic heterocycles. The van der Waals surface area contributed by atoms with E-state index >= 15 is 0 Å². The van der Waals surface area contributed by atoms with Crippen molar-refractivity contribution in [3.63, 3.8) is 0 Å². The maximum Gasteiger partial charge on any atom is 0.331 e. The lowest BCUT2D eigenvalue weighted by Gasteiger charge is -2.59. The standard InChI is InChI=1S/C32H48O13/c1-14-23(35)25(37)27(39)29(42-14)45-28-26(38)24(36)19(11-33)43-30(28)44-21-7-8-32(4)17-10-18(16-9-22(34)41-13-16)40-12-15(17)5-6-20(32)31(21,2)3/h9,14,18-21,23-30,33,35-39H,5-8,10-13H2,1-4H3/t14-,18+,19+,20-,21-,23-,24+,25+,26-,27+,28+,29-,30-,32+/m0/s1. The summed E-state index contributed by atoms with van der Waals surface area (Å²) >= 11 is 0. The fourth-order valence-electron chi connectivity index (χ4n) is 8.74. The minimum atomic E-state index is -1.64. The molecule has 2 aliphatic carbocycles. The van der Waals surface area contributed by atoms with Crippen molar-refractivity contribution in [3.05, 3.63) is 22.8 Å². The normalized spacial score (nSPS) is 48.4. The van der Waals surface area contributed by atoms with Crippen LogP contribution in [0.25, 0.3) is 0 Å². The first-order chi connectivity index (χ1) is 21.3. The van der Waals surface area contributed by atoms with Crippen LogP contribution in [-0.2, 0) is 33.2 Å². The van der Waals surface area contributed by atoms with Crippen LogP contribution in [0.1, 0.15) is 59.8 Å².